The van der Waals surface area contributed by atoms with Crippen LogP contribution in [0.1, 0.15) is 31.7 Å². The summed E-state index contributed by atoms with van der Waals surface area (Å²) in [4.78, 5) is 0.429. The molecule has 2 rings (SSSR count). The predicted molar refractivity (Wildman–Crippen MR) is 80.5 cm³/mol. The highest BCUT2D eigenvalue weighted by molar-refractivity contribution is 9.10. The molecule has 0 saturated heterocycles. The Hall–Kier alpha value is -0.610. The van der Waals surface area contributed by atoms with Crippen molar-refractivity contribution in [1.29, 1.82) is 0 Å². The highest BCUT2D eigenvalue weighted by Crippen LogP contribution is 2.34. The van der Waals surface area contributed by atoms with Gasteiger partial charge in [0.1, 0.15) is 4.99 Å². The average Bonchev–Trinajstić information content (AvgIpc) is 3.00. The lowest BCUT2D eigenvalue weighted by Crippen LogP contribution is -2.20. The normalized spacial score (nSPS) is 16.6. The van der Waals surface area contributed by atoms with Crippen molar-refractivity contribution in [2.45, 2.75) is 32.2 Å². The van der Waals surface area contributed by atoms with Crippen LogP contribution in [0.5, 0.6) is 0 Å². The van der Waals surface area contributed by atoms with Crippen molar-refractivity contribution >= 4 is 38.8 Å². The molecule has 2 nitrogen and oxygen atoms in total. The molecule has 0 aliphatic heterocycles. The Bertz CT molecular complexity index is 429. The van der Waals surface area contributed by atoms with Crippen molar-refractivity contribution in [3.05, 3.63) is 28.2 Å². The molecule has 1 aliphatic rings. The molecule has 1 aromatic carbocycles. The van der Waals surface area contributed by atoms with Gasteiger partial charge in [0.25, 0.3) is 0 Å². The molecule has 0 heterocycles. The molecule has 1 aromatic rings. The number of hydrogen-bond donors (Lipinski definition) is 2. The molecule has 1 aliphatic carbocycles. The van der Waals surface area contributed by atoms with Crippen LogP contribution in [0.25, 0.3) is 0 Å². The van der Waals surface area contributed by atoms with Crippen LogP contribution in [0.3, 0.4) is 0 Å². The Balaban J connectivity index is 2.13. The van der Waals surface area contributed by atoms with E-state index in [1.165, 1.54) is 19.3 Å². The van der Waals surface area contributed by atoms with Gasteiger partial charge in [-0.1, -0.05) is 31.1 Å². The molecular formula is C13H17BrN2S. The van der Waals surface area contributed by atoms with Crippen LogP contribution in [-0.4, -0.2) is 11.0 Å². The minimum atomic E-state index is 0.429. The number of nitrogens with two attached hydrogens (primary N) is 1. The lowest BCUT2D eigenvalue weighted by atomic mass is 10.1. The Morgan fingerprint density at radius 3 is 2.88 bits per heavy atom. The summed E-state index contributed by atoms with van der Waals surface area (Å²) in [5, 5.41) is 3.51. The van der Waals surface area contributed by atoms with Crippen molar-refractivity contribution in [3.63, 3.8) is 0 Å². The topological polar surface area (TPSA) is 38.0 Å². The van der Waals surface area contributed by atoms with Gasteiger partial charge in [0.15, 0.2) is 0 Å². The summed E-state index contributed by atoms with van der Waals surface area (Å²) < 4.78 is 0.952. The molecule has 0 amide bonds. The van der Waals surface area contributed by atoms with Gasteiger partial charge < -0.3 is 11.1 Å². The maximum Gasteiger partial charge on any atom is 0.107 e. The van der Waals surface area contributed by atoms with E-state index in [4.69, 9.17) is 18.0 Å². The summed E-state index contributed by atoms with van der Waals surface area (Å²) in [6.07, 6.45) is 3.99. The quantitative estimate of drug-likeness (QED) is 0.814. The summed E-state index contributed by atoms with van der Waals surface area (Å²) in [5.41, 5.74) is 7.70. The van der Waals surface area contributed by atoms with Crippen LogP contribution in [0, 0.1) is 5.92 Å². The Morgan fingerprint density at radius 2 is 2.29 bits per heavy atom. The van der Waals surface area contributed by atoms with E-state index in [0.717, 1.165) is 21.6 Å². The van der Waals surface area contributed by atoms with E-state index < -0.39 is 0 Å². The summed E-state index contributed by atoms with van der Waals surface area (Å²) >= 11 is 8.59. The number of hydrogen-bond acceptors (Lipinski definition) is 2. The highest BCUT2D eigenvalue weighted by atomic mass is 79.9. The van der Waals surface area contributed by atoms with E-state index in [0.29, 0.717) is 11.0 Å². The third-order valence-corrected chi connectivity index (χ3v) is 3.91. The Morgan fingerprint density at radius 1 is 1.59 bits per heavy atom. The zero-order valence-corrected chi connectivity index (χ0v) is 12.3. The second kappa shape index (κ2) is 5.36. The van der Waals surface area contributed by atoms with Gasteiger partial charge in [-0.05, 0) is 47.3 Å². The molecule has 92 valence electrons. The SMILES string of the molecule is CC(CC1CC1)Nc1cccc(Br)c1C(N)=S. The van der Waals surface area contributed by atoms with Gasteiger partial charge in [-0.25, -0.2) is 0 Å². The predicted octanol–water partition coefficient (Wildman–Crippen LogP) is 3.68. The molecule has 3 N–H and O–H groups in total. The van der Waals surface area contributed by atoms with Crippen LogP contribution < -0.4 is 11.1 Å². The standard InChI is InChI=1S/C13H17BrN2S/c1-8(7-9-5-6-9)16-11-4-2-3-10(14)12(11)13(15)17/h2-4,8-9,16H,5-7H2,1H3,(H2,15,17). The van der Waals surface area contributed by atoms with Crippen LogP contribution in [0.15, 0.2) is 22.7 Å². The van der Waals surface area contributed by atoms with E-state index in [2.05, 4.69) is 28.2 Å². The van der Waals surface area contributed by atoms with Crippen molar-refractivity contribution in [3.8, 4) is 0 Å². The maximum absolute atomic E-state index is 5.77. The average molecular weight is 313 g/mol. The maximum atomic E-state index is 5.77. The second-order valence-corrected chi connectivity index (χ2v) is 6.05. The fourth-order valence-corrected chi connectivity index (χ4v) is 3.00. The van der Waals surface area contributed by atoms with E-state index in [1.807, 2.05) is 18.2 Å². The summed E-state index contributed by atoms with van der Waals surface area (Å²) in [6.45, 7) is 2.21. The second-order valence-electron chi connectivity index (χ2n) is 4.75. The van der Waals surface area contributed by atoms with Gasteiger partial charge in [-0.15, -0.1) is 0 Å². The number of nitrogens with one attached hydrogen (secondary N) is 1. The van der Waals surface area contributed by atoms with Crippen molar-refractivity contribution in [1.82, 2.24) is 0 Å². The lowest BCUT2D eigenvalue weighted by Gasteiger charge is -2.18. The van der Waals surface area contributed by atoms with Gasteiger partial charge in [-0.3, -0.25) is 0 Å². The molecule has 4 heteroatoms. The first-order valence-electron chi connectivity index (χ1n) is 5.92. The van der Waals surface area contributed by atoms with E-state index >= 15 is 0 Å². The van der Waals surface area contributed by atoms with Crippen LogP contribution >= 0.6 is 28.1 Å². The zero-order valence-electron chi connectivity index (χ0n) is 9.87. The Kier molecular flexibility index (Phi) is 4.05. The lowest BCUT2D eigenvalue weighted by molar-refractivity contribution is 0.642. The molecule has 0 bridgehead atoms. The number of rotatable bonds is 5. The number of halogens is 1. The molecule has 1 atom stereocenters. The molecule has 0 aromatic heterocycles. The monoisotopic (exact) mass is 312 g/mol. The molecule has 17 heavy (non-hydrogen) atoms. The van der Waals surface area contributed by atoms with Crippen molar-refractivity contribution < 1.29 is 0 Å². The van der Waals surface area contributed by atoms with E-state index in [9.17, 15) is 0 Å². The van der Waals surface area contributed by atoms with Gasteiger partial charge in [0, 0.05) is 21.8 Å². The fourth-order valence-electron chi connectivity index (χ4n) is 2.07. The number of benzene rings is 1. The third kappa shape index (κ3) is 3.42. The van der Waals surface area contributed by atoms with Crippen LogP contribution in [-0.2, 0) is 0 Å². The van der Waals surface area contributed by atoms with Gasteiger partial charge >= 0.3 is 0 Å². The molecule has 1 unspecified atom stereocenters. The third-order valence-electron chi connectivity index (χ3n) is 3.05. The van der Waals surface area contributed by atoms with Gasteiger partial charge in [-0.2, -0.15) is 0 Å². The van der Waals surface area contributed by atoms with Gasteiger partial charge in [0.05, 0.1) is 0 Å². The molecular weight excluding hydrogens is 296 g/mol. The molecule has 0 radical (unpaired) electrons. The first-order valence-corrected chi connectivity index (χ1v) is 7.13. The zero-order chi connectivity index (χ0) is 12.4. The molecule has 0 spiro atoms. The van der Waals surface area contributed by atoms with Crippen molar-refractivity contribution in [2.75, 3.05) is 5.32 Å². The first kappa shape index (κ1) is 12.8. The largest absolute Gasteiger partial charge is 0.389 e. The van der Waals surface area contributed by atoms with E-state index in [1.54, 1.807) is 0 Å². The van der Waals surface area contributed by atoms with E-state index in [-0.39, 0.29) is 0 Å². The van der Waals surface area contributed by atoms with Gasteiger partial charge in [0.2, 0.25) is 0 Å². The minimum absolute atomic E-state index is 0.429. The Labute approximate surface area is 116 Å². The molecule has 1 saturated carbocycles. The smallest absolute Gasteiger partial charge is 0.107 e. The summed E-state index contributed by atoms with van der Waals surface area (Å²) in [6, 6.07) is 6.45. The molecule has 1 fully saturated rings. The van der Waals surface area contributed by atoms with Crippen molar-refractivity contribution in [2.24, 2.45) is 11.7 Å². The highest BCUT2D eigenvalue weighted by Gasteiger charge is 2.24. The first-order chi connectivity index (χ1) is 8.08. The van der Waals surface area contributed by atoms with Crippen LogP contribution in [0.4, 0.5) is 5.69 Å². The number of anilines is 1. The summed E-state index contributed by atoms with van der Waals surface area (Å²) in [7, 11) is 0. The van der Waals surface area contributed by atoms with Crippen LogP contribution in [0.2, 0.25) is 0 Å². The number of thiocarbonyl (C=S) groups is 1. The fraction of sp³-hybridized carbons (Fsp3) is 0.462. The minimum Gasteiger partial charge on any atom is -0.389 e. The summed E-state index contributed by atoms with van der Waals surface area (Å²) in [5.74, 6) is 0.915.